The summed E-state index contributed by atoms with van der Waals surface area (Å²) in [5.41, 5.74) is 25.6. The number of halogens is 1. The number of amides is 9. The molecule has 1 heterocycles. The normalized spacial score (nSPS) is 21.1. The van der Waals surface area contributed by atoms with Crippen LogP contribution in [0.2, 0.25) is 5.02 Å². The van der Waals surface area contributed by atoms with Gasteiger partial charge < -0.3 is 75.1 Å². The van der Waals surface area contributed by atoms with Crippen molar-refractivity contribution >= 4 is 86.4 Å². The maximum Gasteiger partial charge on any atom is 0.248 e. The number of rotatable bonds is 19. The minimum Gasteiger partial charge on any atom is -0.508 e. The van der Waals surface area contributed by atoms with Crippen molar-refractivity contribution in [2.75, 3.05) is 25.1 Å². The summed E-state index contributed by atoms with van der Waals surface area (Å²) >= 11 is 6.07. The first-order chi connectivity index (χ1) is 38.0. The molecule has 2 unspecified atom stereocenters. The number of hydrogen-bond acceptors (Lipinski definition) is 16. The average Bonchev–Trinajstić information content (AvgIpc) is 3.42. The van der Waals surface area contributed by atoms with Gasteiger partial charge in [-0.05, 0) is 110 Å². The molecule has 0 bridgehead atoms. The lowest BCUT2D eigenvalue weighted by Crippen LogP contribution is -2.62. The highest BCUT2D eigenvalue weighted by Crippen LogP contribution is 2.25. The van der Waals surface area contributed by atoms with Crippen LogP contribution in [0.15, 0.2) is 97.1 Å². The quantitative estimate of drug-likeness (QED) is 0.0419. The molecular formula is C54H68ClN11O12S2. The summed E-state index contributed by atoms with van der Waals surface area (Å²) in [5.74, 6) is -8.63. The van der Waals surface area contributed by atoms with Gasteiger partial charge in [0.1, 0.15) is 53.8 Å². The Balaban J connectivity index is 1.60. The second-order valence-corrected chi connectivity index (χ2v) is 22.2. The number of hydrogen-bond donors (Lipinski definition) is 13. The number of phenolic OH excluding ortho intramolecular Hbond substituents is 2. The zero-order valence-electron chi connectivity index (χ0n) is 44.0. The molecule has 23 nitrogen and oxygen atoms in total. The van der Waals surface area contributed by atoms with Crippen LogP contribution in [0, 0.1) is 0 Å². The lowest BCUT2D eigenvalue weighted by atomic mass is 9.99. The van der Waals surface area contributed by atoms with Crippen LogP contribution in [0.3, 0.4) is 0 Å². The van der Waals surface area contributed by atoms with Gasteiger partial charge in [-0.25, -0.2) is 0 Å². The van der Waals surface area contributed by atoms with Gasteiger partial charge in [-0.2, -0.15) is 0 Å². The molecule has 80 heavy (non-hydrogen) atoms. The van der Waals surface area contributed by atoms with Gasteiger partial charge in [0, 0.05) is 48.4 Å². The van der Waals surface area contributed by atoms with Crippen LogP contribution in [0.4, 0.5) is 0 Å². The van der Waals surface area contributed by atoms with E-state index in [1.807, 2.05) is 0 Å². The summed E-state index contributed by atoms with van der Waals surface area (Å²) in [7, 11) is 3.21. The maximum absolute atomic E-state index is 15.0. The third-order valence-corrected chi connectivity index (χ3v) is 15.6. The molecule has 1 aliphatic heterocycles. The third-order valence-electron chi connectivity index (χ3n) is 13.0. The average molecular weight is 1160 g/mol. The molecule has 1 fully saturated rings. The van der Waals surface area contributed by atoms with Gasteiger partial charge in [-0.3, -0.25) is 43.2 Å². The summed E-state index contributed by atoms with van der Waals surface area (Å²) in [6.45, 7) is 1.43. The van der Waals surface area contributed by atoms with Gasteiger partial charge in [-0.1, -0.05) is 81.7 Å². The molecule has 1 saturated heterocycles. The van der Waals surface area contributed by atoms with E-state index in [9.17, 15) is 58.5 Å². The van der Waals surface area contributed by atoms with Gasteiger partial charge >= 0.3 is 0 Å². The minimum absolute atomic E-state index is 0.0253. The second-order valence-electron chi connectivity index (χ2n) is 19.2. The zero-order valence-corrected chi connectivity index (χ0v) is 46.4. The van der Waals surface area contributed by atoms with Crippen molar-refractivity contribution < 1.29 is 58.5 Å². The van der Waals surface area contributed by atoms with E-state index in [4.69, 9.17) is 34.5 Å². The van der Waals surface area contributed by atoms with Gasteiger partial charge in [-0.15, -0.1) is 0 Å². The van der Waals surface area contributed by atoms with Crippen molar-refractivity contribution in [1.29, 1.82) is 0 Å². The molecule has 0 spiro atoms. The van der Waals surface area contributed by atoms with Crippen molar-refractivity contribution in [3.05, 3.63) is 130 Å². The molecule has 0 aliphatic carbocycles. The smallest absolute Gasteiger partial charge is 0.248 e. The molecule has 4 aromatic carbocycles. The molecule has 0 radical (unpaired) electrons. The zero-order chi connectivity index (χ0) is 58.6. The van der Waals surface area contributed by atoms with Crippen LogP contribution >= 0.6 is 33.2 Å². The van der Waals surface area contributed by atoms with Gasteiger partial charge in [0.05, 0.1) is 12.1 Å². The van der Waals surface area contributed by atoms with Crippen LogP contribution in [0.5, 0.6) is 11.5 Å². The highest BCUT2D eigenvalue weighted by atomic mass is 35.5. The monoisotopic (exact) mass is 1160 g/mol. The summed E-state index contributed by atoms with van der Waals surface area (Å²) in [6.07, 6.45) is -1.52. The number of primary amides is 2. The lowest BCUT2D eigenvalue weighted by Gasteiger charge is -2.33. The van der Waals surface area contributed by atoms with Gasteiger partial charge in [0.2, 0.25) is 53.2 Å². The number of carbonyl (C=O) groups is 9. The number of phenols is 2. The standard InChI is InChI=1S/C54H68ClN11O12S2/c1-29(67)45-53(77)64-43(50(74)60-39(47(59)71)24-32-10-18-36(68)19-11-32)28-80-79-27-42(63-48(72)38(57)23-30-8-16-35(55)17-9-30)51(75)61-40(25-33-12-20-37(69)21-13-33)49(73)62-41(26-31-6-14-34(15-7-31)46(58)70)54(78)66(2)44(52(76)65-45)5-3-4-22-56/h6-21,29,38-45,67-69H,3-5,22-28,56-57H2,1-2H3,(H2,58,70)(H2,59,71)(H,60,74)(H,61,75)(H,62,73)(H,63,72)(H,64,77)(H,65,76)/t29?,38-,39+,40-,41+,42+,43-,44-,45?/m0/s1. The fraction of sp³-hybridized carbons (Fsp3) is 0.389. The number of aliphatic hydroxyl groups is 1. The van der Waals surface area contributed by atoms with Gasteiger partial charge in [0.15, 0.2) is 0 Å². The first kappa shape index (κ1) is 63.4. The SMILES string of the molecule is CC(O)C1NC(=O)[C@H](CCCCN)N(C)C(=O)[C@@H](Cc2ccc(C(N)=O)cc2)NC(=O)[C@H](Cc2ccc(O)cc2)NC(=O)[C@H](NC(=O)[C@@H](N)Cc2ccc(Cl)cc2)CSSC[C@@H](C(=O)N[C@H](Cc2ccc(O)cc2)C(N)=O)NC1=O. The van der Waals surface area contributed by atoms with Crippen LogP contribution in [-0.2, 0) is 64.0 Å². The van der Waals surface area contributed by atoms with Crippen molar-refractivity contribution in [3.63, 3.8) is 0 Å². The van der Waals surface area contributed by atoms with Crippen LogP contribution < -0.4 is 54.8 Å². The number of nitrogens with zero attached hydrogens (tertiary/aromatic N) is 1. The Morgan fingerprint density at radius 3 is 1.81 bits per heavy atom. The molecule has 430 valence electrons. The molecule has 17 N–H and O–H groups in total. The van der Waals surface area contributed by atoms with Crippen LogP contribution in [0.1, 0.15) is 58.8 Å². The number of aliphatic hydroxyl groups excluding tert-OH is 1. The molecule has 1 aliphatic rings. The Morgan fingerprint density at radius 1 is 0.700 bits per heavy atom. The van der Waals surface area contributed by atoms with E-state index in [0.717, 1.165) is 26.5 Å². The minimum atomic E-state index is -1.76. The summed E-state index contributed by atoms with van der Waals surface area (Å²) < 4.78 is 0. The van der Waals surface area contributed by atoms with E-state index in [2.05, 4.69) is 31.9 Å². The Kier molecular flexibility index (Phi) is 24.4. The maximum atomic E-state index is 15.0. The molecule has 0 aromatic heterocycles. The number of aromatic hydroxyl groups is 2. The first-order valence-electron chi connectivity index (χ1n) is 25.5. The predicted octanol–water partition coefficient (Wildman–Crippen LogP) is -0.426. The first-order valence-corrected chi connectivity index (χ1v) is 28.3. The molecule has 26 heteroatoms. The van der Waals surface area contributed by atoms with E-state index < -0.39 is 108 Å². The topological polar surface area (TPSA) is 394 Å². The van der Waals surface area contributed by atoms with Gasteiger partial charge in [0.25, 0.3) is 0 Å². The third kappa shape index (κ3) is 19.4. The highest BCUT2D eigenvalue weighted by molar-refractivity contribution is 8.76. The molecular weight excluding hydrogens is 1090 g/mol. The number of benzene rings is 4. The summed E-state index contributed by atoms with van der Waals surface area (Å²) in [5, 5.41) is 47.3. The number of unbranched alkanes of at least 4 members (excludes halogenated alkanes) is 1. The molecule has 4 aromatic rings. The molecule has 0 saturated carbocycles. The van der Waals surface area contributed by atoms with Crippen molar-refractivity contribution in [2.45, 2.75) is 106 Å². The Hall–Kier alpha value is -7.42. The summed E-state index contributed by atoms with van der Waals surface area (Å²) in [4.78, 5) is 127. The van der Waals surface area contributed by atoms with E-state index in [1.165, 1.54) is 86.8 Å². The van der Waals surface area contributed by atoms with Crippen LogP contribution in [-0.4, -0.2) is 153 Å². The number of likely N-dealkylation sites (N-methyl/N-ethyl adjacent to an activating group) is 1. The Labute approximate surface area is 475 Å². The number of nitrogens with one attached hydrogen (secondary N) is 6. The predicted molar refractivity (Wildman–Crippen MR) is 302 cm³/mol. The van der Waals surface area contributed by atoms with E-state index in [-0.39, 0.29) is 73.6 Å². The number of nitrogens with two attached hydrogens (primary N) is 4. The molecule has 5 rings (SSSR count). The largest absolute Gasteiger partial charge is 0.508 e. The van der Waals surface area contributed by atoms with E-state index in [0.29, 0.717) is 33.7 Å². The fourth-order valence-electron chi connectivity index (χ4n) is 8.37. The van der Waals surface area contributed by atoms with Crippen LogP contribution in [0.25, 0.3) is 0 Å². The summed E-state index contributed by atoms with van der Waals surface area (Å²) in [6, 6.07) is 12.3. The fourth-order valence-corrected chi connectivity index (χ4v) is 10.8. The van der Waals surface area contributed by atoms with E-state index >= 15 is 0 Å². The Morgan fingerprint density at radius 2 is 1.24 bits per heavy atom. The molecule has 9 amide bonds. The Bertz CT molecular complexity index is 2800. The molecule has 9 atom stereocenters. The number of carbonyl (C=O) groups excluding carboxylic acids is 9. The second kappa shape index (κ2) is 30.8. The lowest BCUT2D eigenvalue weighted by molar-refractivity contribution is -0.143. The van der Waals surface area contributed by atoms with Crippen molar-refractivity contribution in [3.8, 4) is 11.5 Å². The van der Waals surface area contributed by atoms with Crippen molar-refractivity contribution in [1.82, 2.24) is 36.8 Å². The van der Waals surface area contributed by atoms with Crippen molar-refractivity contribution in [2.24, 2.45) is 22.9 Å². The highest BCUT2D eigenvalue weighted by Gasteiger charge is 2.38. The van der Waals surface area contributed by atoms with E-state index in [1.54, 1.807) is 24.3 Å².